The molecule has 0 radical (unpaired) electrons. The van der Waals surface area contributed by atoms with Crippen molar-refractivity contribution in [1.29, 1.82) is 0 Å². The number of carbonyl (C=O) groups excluding carboxylic acids is 1. The number of nitrogens with one attached hydrogen (secondary N) is 1. The quantitative estimate of drug-likeness (QED) is 0.596. The number of benzene rings is 2. The van der Waals surface area contributed by atoms with E-state index in [-0.39, 0.29) is 33.5 Å². The molecule has 0 spiro atoms. The summed E-state index contributed by atoms with van der Waals surface area (Å²) in [6.45, 7) is 0. The van der Waals surface area contributed by atoms with Gasteiger partial charge in [-0.3, -0.25) is 4.79 Å². The van der Waals surface area contributed by atoms with Crippen LogP contribution in [0.25, 0.3) is 17.0 Å². The Hall–Kier alpha value is -3.26. The zero-order valence-corrected chi connectivity index (χ0v) is 14.3. The fraction of sp³-hybridized carbons (Fsp3) is 0.0556. The first-order valence-corrected chi connectivity index (χ1v) is 9.44. The van der Waals surface area contributed by atoms with Gasteiger partial charge in [0.05, 0.1) is 4.90 Å². The van der Waals surface area contributed by atoms with Crippen LogP contribution < -0.4 is 4.74 Å². The van der Waals surface area contributed by atoms with Gasteiger partial charge in [0.2, 0.25) is 5.78 Å². The van der Waals surface area contributed by atoms with Gasteiger partial charge in [0, 0.05) is 41.1 Å². The summed E-state index contributed by atoms with van der Waals surface area (Å²) in [5, 5.41) is 20.1. The highest BCUT2D eigenvalue weighted by Crippen LogP contribution is 2.40. The number of H-pyrrole nitrogens is 1. The molecular weight excluding hydrogens is 358 g/mol. The first-order chi connectivity index (χ1) is 12.2. The molecule has 0 fully saturated rings. The molecule has 8 heteroatoms. The van der Waals surface area contributed by atoms with Crippen LogP contribution in [0.1, 0.15) is 15.9 Å². The maximum Gasteiger partial charge on any atom is 0.235 e. The number of phenolic OH excluding ortho intramolecular Hbond substituents is 2. The topological polar surface area (TPSA) is 117 Å². The fourth-order valence-electron chi connectivity index (χ4n) is 2.90. The van der Waals surface area contributed by atoms with E-state index in [1.165, 1.54) is 24.3 Å². The molecule has 2 heterocycles. The van der Waals surface area contributed by atoms with E-state index in [1.807, 2.05) is 0 Å². The zero-order chi connectivity index (χ0) is 18.6. The highest BCUT2D eigenvalue weighted by molar-refractivity contribution is 7.90. The molecule has 1 aromatic heterocycles. The number of hydrogen-bond acceptors (Lipinski definition) is 6. The van der Waals surface area contributed by atoms with Crippen LogP contribution in [-0.4, -0.2) is 35.7 Å². The fourth-order valence-corrected chi connectivity index (χ4v) is 3.54. The average Bonchev–Trinajstić information content (AvgIpc) is 3.08. The van der Waals surface area contributed by atoms with Crippen LogP contribution >= 0.6 is 0 Å². The number of ether oxygens (including phenoxy) is 1. The molecule has 1 aliphatic rings. The smallest absolute Gasteiger partial charge is 0.235 e. The number of phenols is 2. The molecule has 0 saturated heterocycles. The van der Waals surface area contributed by atoms with Gasteiger partial charge in [0.15, 0.2) is 15.6 Å². The van der Waals surface area contributed by atoms with Gasteiger partial charge < -0.3 is 19.9 Å². The molecule has 7 nitrogen and oxygen atoms in total. The van der Waals surface area contributed by atoms with Gasteiger partial charge in [-0.2, -0.15) is 0 Å². The van der Waals surface area contributed by atoms with Gasteiger partial charge in [0.25, 0.3) is 0 Å². The SMILES string of the molecule is CS(=O)(=O)c1ccc2c(/C=C3/Oc4cc(O)cc(O)c4C3=O)c[nH]c2c1. The number of rotatable bonds is 2. The summed E-state index contributed by atoms with van der Waals surface area (Å²) in [5.74, 6) is -0.993. The summed E-state index contributed by atoms with van der Waals surface area (Å²) < 4.78 is 28.8. The Bertz CT molecular complexity index is 1220. The molecule has 1 aliphatic heterocycles. The number of ketones is 1. The van der Waals surface area contributed by atoms with Gasteiger partial charge in [0.1, 0.15) is 22.8 Å². The molecule has 4 rings (SSSR count). The Labute approximate surface area is 148 Å². The molecule has 0 atom stereocenters. The van der Waals surface area contributed by atoms with Crippen LogP contribution in [-0.2, 0) is 9.84 Å². The van der Waals surface area contributed by atoms with Gasteiger partial charge in [-0.05, 0) is 18.2 Å². The first kappa shape index (κ1) is 16.2. The van der Waals surface area contributed by atoms with Crippen molar-refractivity contribution in [3.63, 3.8) is 0 Å². The maximum atomic E-state index is 12.5. The standard InChI is InChI=1S/C18H13NO6S/c1-26(23,24)11-2-3-12-9(8-19-13(12)7-11)4-16-18(22)17-14(21)5-10(20)6-15(17)25-16/h2-8,19-21H,1H3/b16-4+. The third-order valence-corrected chi connectivity index (χ3v) is 5.25. The second-order valence-corrected chi connectivity index (χ2v) is 8.02. The summed E-state index contributed by atoms with van der Waals surface area (Å²) in [7, 11) is -3.33. The molecule has 0 bridgehead atoms. The van der Waals surface area contributed by atoms with E-state index in [4.69, 9.17) is 4.74 Å². The van der Waals surface area contributed by atoms with Crippen molar-refractivity contribution in [3.05, 3.63) is 53.4 Å². The molecule has 0 saturated carbocycles. The summed E-state index contributed by atoms with van der Waals surface area (Å²) in [6.07, 6.45) is 4.25. The van der Waals surface area contributed by atoms with Gasteiger partial charge in [-0.1, -0.05) is 6.07 Å². The lowest BCUT2D eigenvalue weighted by molar-refractivity contribution is 0.101. The number of fused-ring (bicyclic) bond motifs is 2. The Kier molecular flexibility index (Phi) is 3.35. The third kappa shape index (κ3) is 2.51. The number of aromatic amines is 1. The summed E-state index contributed by atoms with van der Waals surface area (Å²) in [5.41, 5.74) is 1.22. The molecule has 0 aliphatic carbocycles. The molecule has 0 unspecified atom stereocenters. The van der Waals surface area contributed by atoms with E-state index in [0.29, 0.717) is 16.5 Å². The minimum atomic E-state index is -3.33. The average molecular weight is 371 g/mol. The summed E-state index contributed by atoms with van der Waals surface area (Å²) >= 11 is 0. The first-order valence-electron chi connectivity index (χ1n) is 7.55. The van der Waals surface area contributed by atoms with Crippen molar-refractivity contribution in [2.45, 2.75) is 4.90 Å². The van der Waals surface area contributed by atoms with Gasteiger partial charge in [-0.15, -0.1) is 0 Å². The zero-order valence-electron chi connectivity index (χ0n) is 13.5. The van der Waals surface area contributed by atoms with Crippen LogP contribution in [0.3, 0.4) is 0 Å². The van der Waals surface area contributed by atoms with Crippen LogP contribution in [0.5, 0.6) is 17.2 Å². The second kappa shape index (κ2) is 5.37. The summed E-state index contributed by atoms with van der Waals surface area (Å²) in [4.78, 5) is 15.6. The largest absolute Gasteiger partial charge is 0.508 e. The number of Topliss-reactive ketones (excluding diaryl/α,β-unsaturated/α-hetero) is 1. The molecule has 132 valence electrons. The predicted molar refractivity (Wildman–Crippen MR) is 94.1 cm³/mol. The molecule has 2 aromatic carbocycles. The molecule has 26 heavy (non-hydrogen) atoms. The summed E-state index contributed by atoms with van der Waals surface area (Å²) in [6, 6.07) is 6.97. The number of allylic oxidation sites excluding steroid dienone is 1. The monoisotopic (exact) mass is 371 g/mol. The van der Waals surface area contributed by atoms with Crippen LogP contribution in [0.2, 0.25) is 0 Å². The van der Waals surface area contributed by atoms with Crippen LogP contribution in [0, 0.1) is 0 Å². The van der Waals surface area contributed by atoms with Crippen LogP contribution in [0.15, 0.2) is 47.2 Å². The Balaban J connectivity index is 1.78. The van der Waals surface area contributed by atoms with E-state index in [0.717, 1.165) is 12.3 Å². The van der Waals surface area contributed by atoms with Crippen molar-refractivity contribution in [2.75, 3.05) is 6.26 Å². The Morgan fingerprint density at radius 2 is 1.92 bits per heavy atom. The normalized spacial score (nSPS) is 15.4. The lowest BCUT2D eigenvalue weighted by Crippen LogP contribution is -1.98. The van der Waals surface area contributed by atoms with Crippen molar-refractivity contribution < 1.29 is 28.2 Å². The number of aromatic nitrogens is 1. The number of hydrogen-bond donors (Lipinski definition) is 3. The van der Waals surface area contributed by atoms with Crippen molar-refractivity contribution in [1.82, 2.24) is 4.98 Å². The lowest BCUT2D eigenvalue weighted by atomic mass is 10.1. The van der Waals surface area contributed by atoms with Crippen LogP contribution in [0.4, 0.5) is 0 Å². The highest BCUT2D eigenvalue weighted by Gasteiger charge is 2.31. The van der Waals surface area contributed by atoms with Crippen molar-refractivity contribution >= 4 is 32.6 Å². The Morgan fingerprint density at radius 1 is 1.15 bits per heavy atom. The molecule has 3 aromatic rings. The third-order valence-electron chi connectivity index (χ3n) is 4.14. The second-order valence-electron chi connectivity index (χ2n) is 6.00. The number of carbonyl (C=O) groups is 1. The minimum absolute atomic E-state index is 0.00557. The number of aromatic hydroxyl groups is 2. The van der Waals surface area contributed by atoms with E-state index >= 15 is 0 Å². The van der Waals surface area contributed by atoms with E-state index in [1.54, 1.807) is 12.3 Å². The van der Waals surface area contributed by atoms with E-state index in [9.17, 15) is 23.4 Å². The maximum absolute atomic E-state index is 12.5. The van der Waals surface area contributed by atoms with Crippen molar-refractivity contribution in [3.8, 4) is 17.2 Å². The highest BCUT2D eigenvalue weighted by atomic mass is 32.2. The lowest BCUT2D eigenvalue weighted by Gasteiger charge is -2.00. The van der Waals surface area contributed by atoms with Crippen molar-refractivity contribution in [2.24, 2.45) is 0 Å². The van der Waals surface area contributed by atoms with E-state index < -0.39 is 15.6 Å². The molecular formula is C18H13NO6S. The molecule has 0 amide bonds. The predicted octanol–water partition coefficient (Wildman–Crippen LogP) is 2.60. The molecule has 3 N–H and O–H groups in total. The van der Waals surface area contributed by atoms with E-state index in [2.05, 4.69) is 4.98 Å². The van der Waals surface area contributed by atoms with Gasteiger partial charge >= 0.3 is 0 Å². The number of sulfone groups is 1. The minimum Gasteiger partial charge on any atom is -0.508 e. The Morgan fingerprint density at radius 3 is 2.65 bits per heavy atom. The van der Waals surface area contributed by atoms with Gasteiger partial charge in [-0.25, -0.2) is 8.42 Å².